The van der Waals surface area contributed by atoms with Crippen LogP contribution in [0.4, 0.5) is 11.4 Å². The predicted octanol–water partition coefficient (Wildman–Crippen LogP) is 1.03. The summed E-state index contributed by atoms with van der Waals surface area (Å²) < 4.78 is 0. The van der Waals surface area contributed by atoms with Crippen LogP contribution in [-0.4, -0.2) is 27.9 Å². The quantitative estimate of drug-likeness (QED) is 0.526. The number of rotatable bonds is 6. The van der Waals surface area contributed by atoms with Gasteiger partial charge in [0.25, 0.3) is 5.69 Å². The maximum absolute atomic E-state index is 11.8. The third kappa shape index (κ3) is 4.02. The number of aliphatic carboxylic acids is 1. The van der Waals surface area contributed by atoms with Crippen LogP contribution in [0.5, 0.6) is 0 Å². The SMILES string of the molecule is Cc1c(NC(=O)C(N)CCC(=O)O)cccc1[N+](=O)[O-]. The van der Waals surface area contributed by atoms with Crippen LogP contribution in [-0.2, 0) is 9.59 Å². The molecule has 0 radical (unpaired) electrons. The Labute approximate surface area is 114 Å². The molecule has 8 heteroatoms. The van der Waals surface area contributed by atoms with Crippen LogP contribution >= 0.6 is 0 Å². The fourth-order valence-electron chi connectivity index (χ4n) is 1.59. The second kappa shape index (κ2) is 6.62. The van der Waals surface area contributed by atoms with Gasteiger partial charge in [0.1, 0.15) is 0 Å². The molecule has 0 aliphatic rings. The number of carbonyl (C=O) groups is 2. The van der Waals surface area contributed by atoms with E-state index in [1.807, 2.05) is 0 Å². The normalized spacial score (nSPS) is 11.7. The number of anilines is 1. The van der Waals surface area contributed by atoms with Crippen molar-refractivity contribution in [3.05, 3.63) is 33.9 Å². The molecule has 20 heavy (non-hydrogen) atoms. The van der Waals surface area contributed by atoms with Gasteiger partial charge >= 0.3 is 5.97 Å². The van der Waals surface area contributed by atoms with E-state index < -0.39 is 22.8 Å². The zero-order chi connectivity index (χ0) is 15.3. The van der Waals surface area contributed by atoms with Crippen LogP contribution in [0, 0.1) is 17.0 Å². The topological polar surface area (TPSA) is 136 Å². The number of nitro benzene ring substituents is 1. The van der Waals surface area contributed by atoms with E-state index >= 15 is 0 Å². The summed E-state index contributed by atoms with van der Waals surface area (Å²) in [7, 11) is 0. The molecule has 1 atom stereocenters. The lowest BCUT2D eigenvalue weighted by molar-refractivity contribution is -0.385. The molecule has 8 nitrogen and oxygen atoms in total. The molecule has 1 aromatic rings. The number of nitro groups is 1. The van der Waals surface area contributed by atoms with E-state index in [1.54, 1.807) is 0 Å². The first kappa shape index (κ1) is 15.6. The molecule has 4 N–H and O–H groups in total. The Morgan fingerprint density at radius 2 is 2.15 bits per heavy atom. The minimum atomic E-state index is -1.04. The molecular formula is C12H15N3O5. The average molecular weight is 281 g/mol. The molecule has 1 unspecified atom stereocenters. The predicted molar refractivity (Wildman–Crippen MR) is 71.3 cm³/mol. The van der Waals surface area contributed by atoms with Gasteiger partial charge in [0.2, 0.25) is 5.91 Å². The molecule has 1 amide bonds. The van der Waals surface area contributed by atoms with Crippen LogP contribution < -0.4 is 11.1 Å². The summed E-state index contributed by atoms with van der Waals surface area (Å²) in [5.74, 6) is -1.62. The van der Waals surface area contributed by atoms with Gasteiger partial charge in [0, 0.05) is 12.5 Å². The van der Waals surface area contributed by atoms with E-state index in [0.717, 1.165) is 0 Å². The summed E-state index contributed by atoms with van der Waals surface area (Å²) in [6.45, 7) is 1.51. The first-order chi connectivity index (χ1) is 9.32. The molecular weight excluding hydrogens is 266 g/mol. The molecule has 0 spiro atoms. The van der Waals surface area contributed by atoms with Crippen molar-refractivity contribution in [1.29, 1.82) is 0 Å². The Morgan fingerprint density at radius 1 is 1.50 bits per heavy atom. The number of carbonyl (C=O) groups excluding carboxylic acids is 1. The average Bonchev–Trinajstić information content (AvgIpc) is 2.37. The van der Waals surface area contributed by atoms with Gasteiger partial charge in [-0.1, -0.05) is 6.07 Å². The molecule has 0 aromatic heterocycles. The number of hydrogen-bond acceptors (Lipinski definition) is 5. The third-order valence-corrected chi connectivity index (χ3v) is 2.77. The largest absolute Gasteiger partial charge is 0.481 e. The molecule has 0 saturated heterocycles. The van der Waals surface area contributed by atoms with Gasteiger partial charge in [-0.25, -0.2) is 0 Å². The summed E-state index contributed by atoms with van der Waals surface area (Å²) in [4.78, 5) is 32.4. The zero-order valence-electron chi connectivity index (χ0n) is 10.8. The molecule has 0 bridgehead atoms. The van der Waals surface area contributed by atoms with Crippen LogP contribution in [0.2, 0.25) is 0 Å². The van der Waals surface area contributed by atoms with Crippen molar-refractivity contribution in [2.45, 2.75) is 25.8 Å². The lowest BCUT2D eigenvalue weighted by Gasteiger charge is -2.12. The number of nitrogens with one attached hydrogen (secondary N) is 1. The Kier molecular flexibility index (Phi) is 5.15. The smallest absolute Gasteiger partial charge is 0.303 e. The Hall–Kier alpha value is -2.48. The van der Waals surface area contributed by atoms with Gasteiger partial charge < -0.3 is 16.2 Å². The number of carboxylic acids is 1. The minimum absolute atomic E-state index is 0.00482. The van der Waals surface area contributed by atoms with Crippen molar-refractivity contribution in [3.63, 3.8) is 0 Å². The molecule has 0 heterocycles. The van der Waals surface area contributed by atoms with Crippen molar-refractivity contribution in [2.24, 2.45) is 5.73 Å². The van der Waals surface area contributed by atoms with E-state index in [9.17, 15) is 19.7 Å². The van der Waals surface area contributed by atoms with E-state index in [2.05, 4.69) is 5.32 Å². The van der Waals surface area contributed by atoms with Gasteiger partial charge in [-0.15, -0.1) is 0 Å². The monoisotopic (exact) mass is 281 g/mol. The first-order valence-corrected chi connectivity index (χ1v) is 5.85. The Morgan fingerprint density at radius 3 is 2.70 bits per heavy atom. The summed E-state index contributed by atoms with van der Waals surface area (Å²) >= 11 is 0. The number of amides is 1. The van der Waals surface area contributed by atoms with Crippen molar-refractivity contribution >= 4 is 23.3 Å². The number of benzene rings is 1. The van der Waals surface area contributed by atoms with Crippen LogP contribution in [0.1, 0.15) is 18.4 Å². The van der Waals surface area contributed by atoms with Crippen molar-refractivity contribution in [3.8, 4) is 0 Å². The van der Waals surface area contributed by atoms with Crippen molar-refractivity contribution < 1.29 is 19.6 Å². The molecule has 1 aromatic carbocycles. The Bertz CT molecular complexity index is 544. The first-order valence-electron chi connectivity index (χ1n) is 5.85. The van der Waals surface area contributed by atoms with E-state index in [4.69, 9.17) is 10.8 Å². The second-order valence-electron chi connectivity index (χ2n) is 4.23. The minimum Gasteiger partial charge on any atom is -0.481 e. The molecule has 0 saturated carbocycles. The van der Waals surface area contributed by atoms with Gasteiger partial charge in [0.15, 0.2) is 0 Å². The molecule has 1 rings (SSSR count). The standard InChI is InChI=1S/C12H15N3O5/c1-7-9(3-2-4-10(7)15(19)20)14-12(18)8(13)5-6-11(16)17/h2-4,8H,5-6,13H2,1H3,(H,14,18)(H,16,17). The molecule has 108 valence electrons. The molecule has 0 fully saturated rings. The van der Waals surface area contributed by atoms with Gasteiger partial charge in [-0.2, -0.15) is 0 Å². The molecule has 0 aliphatic carbocycles. The van der Waals surface area contributed by atoms with Crippen molar-refractivity contribution in [2.75, 3.05) is 5.32 Å². The van der Waals surface area contributed by atoms with Gasteiger partial charge in [-0.3, -0.25) is 19.7 Å². The maximum Gasteiger partial charge on any atom is 0.303 e. The summed E-state index contributed by atoms with van der Waals surface area (Å²) in [5.41, 5.74) is 6.05. The number of hydrogen-bond donors (Lipinski definition) is 3. The Balaban J connectivity index is 2.78. The highest BCUT2D eigenvalue weighted by Gasteiger charge is 2.18. The van der Waals surface area contributed by atoms with E-state index in [1.165, 1.54) is 25.1 Å². The fraction of sp³-hybridized carbons (Fsp3) is 0.333. The maximum atomic E-state index is 11.8. The summed E-state index contributed by atoms with van der Waals surface area (Å²) in [6.07, 6.45) is -0.225. The van der Waals surface area contributed by atoms with E-state index in [-0.39, 0.29) is 24.2 Å². The number of carboxylic acid groups (broad SMARTS) is 1. The van der Waals surface area contributed by atoms with E-state index in [0.29, 0.717) is 5.56 Å². The van der Waals surface area contributed by atoms with Crippen LogP contribution in [0.25, 0.3) is 0 Å². The molecule has 0 aliphatic heterocycles. The summed E-state index contributed by atoms with van der Waals surface area (Å²) in [5, 5.41) is 21.8. The second-order valence-corrected chi connectivity index (χ2v) is 4.23. The fourth-order valence-corrected chi connectivity index (χ4v) is 1.59. The highest BCUT2D eigenvalue weighted by Crippen LogP contribution is 2.25. The van der Waals surface area contributed by atoms with Gasteiger partial charge in [-0.05, 0) is 19.4 Å². The third-order valence-electron chi connectivity index (χ3n) is 2.77. The zero-order valence-corrected chi connectivity index (χ0v) is 10.8. The van der Waals surface area contributed by atoms with Crippen LogP contribution in [0.15, 0.2) is 18.2 Å². The number of nitrogens with zero attached hydrogens (tertiary/aromatic N) is 1. The van der Waals surface area contributed by atoms with Crippen LogP contribution in [0.3, 0.4) is 0 Å². The van der Waals surface area contributed by atoms with Gasteiger partial charge in [0.05, 0.1) is 22.2 Å². The highest BCUT2D eigenvalue weighted by molar-refractivity contribution is 5.95. The highest BCUT2D eigenvalue weighted by atomic mass is 16.6. The lowest BCUT2D eigenvalue weighted by Crippen LogP contribution is -2.36. The lowest BCUT2D eigenvalue weighted by atomic mass is 10.1. The number of nitrogens with two attached hydrogens (primary N) is 1. The van der Waals surface area contributed by atoms with Crippen molar-refractivity contribution in [1.82, 2.24) is 0 Å². The summed E-state index contributed by atoms with van der Waals surface area (Å²) in [6, 6.07) is 3.31.